The highest BCUT2D eigenvalue weighted by Gasteiger charge is 2.38. The van der Waals surface area contributed by atoms with Crippen LogP contribution in [-0.2, 0) is 23.2 Å². The number of hydrogen-bond donors (Lipinski definition) is 1. The van der Waals surface area contributed by atoms with Gasteiger partial charge in [-0.3, -0.25) is 14.3 Å². The highest BCUT2D eigenvalue weighted by Crippen LogP contribution is 2.20. The molecule has 6 nitrogen and oxygen atoms in total. The molecule has 6 heteroatoms. The number of amides is 2. The fourth-order valence-electron chi connectivity index (χ4n) is 2.77. The van der Waals surface area contributed by atoms with E-state index in [1.165, 1.54) is 0 Å². The SMILES string of the molecule is Cc1cc(CN2C(=O)C(C)NC(=O)C2CC(C)C)n(C)n1. The van der Waals surface area contributed by atoms with Crippen molar-refractivity contribution in [3.8, 4) is 0 Å². The largest absolute Gasteiger partial charge is 0.343 e. The molecular weight excluding hydrogens is 268 g/mol. The first-order valence-corrected chi connectivity index (χ1v) is 7.40. The molecule has 2 rings (SSSR count). The molecule has 2 atom stereocenters. The second kappa shape index (κ2) is 5.87. The summed E-state index contributed by atoms with van der Waals surface area (Å²) in [5.74, 6) is 0.256. The number of nitrogens with one attached hydrogen (secondary N) is 1. The molecule has 1 saturated heterocycles. The van der Waals surface area contributed by atoms with Crippen LogP contribution in [0.5, 0.6) is 0 Å². The van der Waals surface area contributed by atoms with Gasteiger partial charge in [-0.05, 0) is 32.3 Å². The van der Waals surface area contributed by atoms with E-state index in [0.29, 0.717) is 18.9 Å². The van der Waals surface area contributed by atoms with E-state index in [1.807, 2.05) is 20.0 Å². The van der Waals surface area contributed by atoms with E-state index in [1.54, 1.807) is 16.5 Å². The monoisotopic (exact) mass is 292 g/mol. The van der Waals surface area contributed by atoms with Gasteiger partial charge in [0.2, 0.25) is 11.8 Å². The molecule has 0 bridgehead atoms. The van der Waals surface area contributed by atoms with Crippen molar-refractivity contribution >= 4 is 11.8 Å². The molecule has 0 aromatic carbocycles. The van der Waals surface area contributed by atoms with Gasteiger partial charge in [0.15, 0.2) is 0 Å². The van der Waals surface area contributed by atoms with Gasteiger partial charge in [0, 0.05) is 7.05 Å². The van der Waals surface area contributed by atoms with Gasteiger partial charge in [-0.25, -0.2) is 0 Å². The van der Waals surface area contributed by atoms with Crippen molar-refractivity contribution in [2.75, 3.05) is 0 Å². The van der Waals surface area contributed by atoms with Crippen molar-refractivity contribution in [1.82, 2.24) is 20.0 Å². The quantitative estimate of drug-likeness (QED) is 0.900. The average molecular weight is 292 g/mol. The summed E-state index contributed by atoms with van der Waals surface area (Å²) in [5.41, 5.74) is 1.85. The molecule has 1 aliphatic rings. The molecule has 2 unspecified atom stereocenters. The summed E-state index contributed by atoms with van der Waals surface area (Å²) in [7, 11) is 1.86. The maximum atomic E-state index is 12.5. The van der Waals surface area contributed by atoms with Gasteiger partial charge in [-0.2, -0.15) is 5.10 Å². The molecule has 2 heterocycles. The van der Waals surface area contributed by atoms with Crippen molar-refractivity contribution in [2.24, 2.45) is 13.0 Å². The third kappa shape index (κ3) is 3.25. The van der Waals surface area contributed by atoms with Crippen molar-refractivity contribution in [3.63, 3.8) is 0 Å². The topological polar surface area (TPSA) is 67.2 Å². The van der Waals surface area contributed by atoms with Gasteiger partial charge in [0.1, 0.15) is 12.1 Å². The fraction of sp³-hybridized carbons (Fsp3) is 0.667. The number of carbonyl (C=O) groups excluding carboxylic acids is 2. The molecule has 1 aliphatic heterocycles. The minimum absolute atomic E-state index is 0.0286. The van der Waals surface area contributed by atoms with E-state index >= 15 is 0 Å². The number of piperazine rings is 1. The molecule has 1 fully saturated rings. The van der Waals surface area contributed by atoms with Gasteiger partial charge in [-0.15, -0.1) is 0 Å². The predicted octanol–water partition coefficient (Wildman–Crippen LogP) is 0.990. The Morgan fingerprint density at radius 3 is 2.57 bits per heavy atom. The van der Waals surface area contributed by atoms with E-state index in [-0.39, 0.29) is 11.8 Å². The van der Waals surface area contributed by atoms with Crippen LogP contribution in [0.4, 0.5) is 0 Å². The van der Waals surface area contributed by atoms with Crippen LogP contribution < -0.4 is 5.32 Å². The highest BCUT2D eigenvalue weighted by molar-refractivity contribution is 5.96. The summed E-state index contributed by atoms with van der Waals surface area (Å²) >= 11 is 0. The highest BCUT2D eigenvalue weighted by atomic mass is 16.2. The molecule has 1 aromatic rings. The van der Waals surface area contributed by atoms with Crippen LogP contribution >= 0.6 is 0 Å². The lowest BCUT2D eigenvalue weighted by molar-refractivity contribution is -0.150. The van der Waals surface area contributed by atoms with Crippen molar-refractivity contribution in [2.45, 2.75) is 52.7 Å². The molecule has 1 N–H and O–H groups in total. The molecule has 0 saturated carbocycles. The molecule has 2 amide bonds. The van der Waals surface area contributed by atoms with Crippen LogP contribution in [0.15, 0.2) is 6.07 Å². The first kappa shape index (κ1) is 15.5. The van der Waals surface area contributed by atoms with Gasteiger partial charge < -0.3 is 10.2 Å². The third-order valence-corrected chi connectivity index (χ3v) is 3.82. The number of aromatic nitrogens is 2. The van der Waals surface area contributed by atoms with E-state index in [0.717, 1.165) is 11.4 Å². The molecule has 116 valence electrons. The number of carbonyl (C=O) groups is 2. The minimum Gasteiger partial charge on any atom is -0.343 e. The summed E-state index contributed by atoms with van der Waals surface area (Å²) in [6.45, 7) is 8.19. The Hall–Kier alpha value is -1.85. The molecule has 1 aromatic heterocycles. The van der Waals surface area contributed by atoms with Crippen LogP contribution in [0.3, 0.4) is 0 Å². The van der Waals surface area contributed by atoms with Crippen LogP contribution in [0, 0.1) is 12.8 Å². The first-order valence-electron chi connectivity index (χ1n) is 7.40. The Balaban J connectivity index is 2.27. The maximum absolute atomic E-state index is 12.5. The van der Waals surface area contributed by atoms with Crippen LogP contribution in [-0.4, -0.2) is 38.6 Å². The lowest BCUT2D eigenvalue weighted by Crippen LogP contribution is -2.62. The molecular formula is C15H24N4O2. The Bertz CT molecular complexity index is 550. The second-order valence-electron chi connectivity index (χ2n) is 6.24. The van der Waals surface area contributed by atoms with Gasteiger partial charge in [0.25, 0.3) is 0 Å². The van der Waals surface area contributed by atoms with Crippen LogP contribution in [0.1, 0.15) is 38.6 Å². The zero-order chi connectivity index (χ0) is 15.7. The van der Waals surface area contributed by atoms with Crippen LogP contribution in [0.2, 0.25) is 0 Å². The average Bonchev–Trinajstić information content (AvgIpc) is 2.69. The standard InChI is InChI=1S/C15H24N4O2/c1-9(2)6-13-14(20)16-11(4)15(21)19(13)8-12-7-10(3)17-18(12)5/h7,9,11,13H,6,8H2,1-5H3,(H,16,20). The normalized spacial score (nSPS) is 22.9. The minimum atomic E-state index is -0.463. The molecule has 0 spiro atoms. The molecule has 0 aliphatic carbocycles. The van der Waals surface area contributed by atoms with E-state index < -0.39 is 12.1 Å². The number of rotatable bonds is 4. The Morgan fingerprint density at radius 2 is 2.05 bits per heavy atom. The van der Waals surface area contributed by atoms with E-state index in [9.17, 15) is 9.59 Å². The smallest absolute Gasteiger partial charge is 0.245 e. The first-order chi connectivity index (χ1) is 9.79. The summed E-state index contributed by atoms with van der Waals surface area (Å²) < 4.78 is 1.77. The van der Waals surface area contributed by atoms with Gasteiger partial charge >= 0.3 is 0 Å². The fourth-order valence-corrected chi connectivity index (χ4v) is 2.77. The number of nitrogens with zero attached hydrogens (tertiary/aromatic N) is 3. The van der Waals surface area contributed by atoms with Crippen molar-refractivity contribution in [3.05, 3.63) is 17.5 Å². The zero-order valence-electron chi connectivity index (χ0n) is 13.4. The Kier molecular flexibility index (Phi) is 4.34. The predicted molar refractivity (Wildman–Crippen MR) is 79.3 cm³/mol. The Labute approximate surface area is 125 Å². The second-order valence-corrected chi connectivity index (χ2v) is 6.24. The maximum Gasteiger partial charge on any atom is 0.245 e. The summed E-state index contributed by atoms with van der Waals surface area (Å²) in [6.07, 6.45) is 0.668. The lowest BCUT2D eigenvalue weighted by atomic mass is 9.98. The Morgan fingerprint density at radius 1 is 1.38 bits per heavy atom. The number of hydrogen-bond acceptors (Lipinski definition) is 3. The summed E-state index contributed by atoms with van der Waals surface area (Å²) in [6, 6.07) is 1.09. The van der Waals surface area contributed by atoms with E-state index in [4.69, 9.17) is 0 Å². The zero-order valence-corrected chi connectivity index (χ0v) is 13.4. The van der Waals surface area contributed by atoms with Gasteiger partial charge in [0.05, 0.1) is 17.9 Å². The molecule has 0 radical (unpaired) electrons. The van der Waals surface area contributed by atoms with Gasteiger partial charge in [-0.1, -0.05) is 13.8 Å². The summed E-state index contributed by atoms with van der Waals surface area (Å²) in [4.78, 5) is 26.4. The van der Waals surface area contributed by atoms with Crippen molar-refractivity contribution < 1.29 is 9.59 Å². The van der Waals surface area contributed by atoms with Crippen molar-refractivity contribution in [1.29, 1.82) is 0 Å². The lowest BCUT2D eigenvalue weighted by Gasteiger charge is -2.38. The molecule has 21 heavy (non-hydrogen) atoms. The van der Waals surface area contributed by atoms with Crippen LogP contribution in [0.25, 0.3) is 0 Å². The summed E-state index contributed by atoms with van der Waals surface area (Å²) in [5, 5.41) is 7.07. The van der Waals surface area contributed by atoms with E-state index in [2.05, 4.69) is 24.3 Å². The number of aryl methyl sites for hydroxylation is 2. The third-order valence-electron chi connectivity index (χ3n) is 3.82.